The number of nitrogens with zero attached hydrogens (tertiary/aromatic N) is 2. The number of hydrogen-bond donors (Lipinski definition) is 1. The van der Waals surface area contributed by atoms with Crippen LogP contribution in [0.1, 0.15) is 39.7 Å². The van der Waals surface area contributed by atoms with Gasteiger partial charge in [-0.15, -0.1) is 0 Å². The second-order valence-electron chi connectivity index (χ2n) is 5.76. The van der Waals surface area contributed by atoms with E-state index in [2.05, 4.69) is 31.0 Å². The Bertz CT molecular complexity index is 461. The molecule has 0 atom stereocenters. The van der Waals surface area contributed by atoms with Crippen LogP contribution in [0.2, 0.25) is 0 Å². The van der Waals surface area contributed by atoms with Gasteiger partial charge >= 0.3 is 0 Å². The summed E-state index contributed by atoms with van der Waals surface area (Å²) in [6.45, 7) is 12.2. The van der Waals surface area contributed by atoms with Crippen LogP contribution in [0, 0.1) is 16.0 Å². The highest BCUT2D eigenvalue weighted by atomic mass is 16.6. The second-order valence-corrected chi connectivity index (χ2v) is 5.76. The van der Waals surface area contributed by atoms with Gasteiger partial charge in [0.15, 0.2) is 0 Å². The Morgan fingerprint density at radius 1 is 1.33 bits per heavy atom. The van der Waals surface area contributed by atoms with Crippen LogP contribution >= 0.6 is 0 Å². The van der Waals surface area contributed by atoms with Gasteiger partial charge in [-0.3, -0.25) is 15.0 Å². The van der Waals surface area contributed by atoms with Gasteiger partial charge in [0.05, 0.1) is 4.92 Å². The molecule has 0 spiro atoms. The number of benzene rings is 1. The van der Waals surface area contributed by atoms with Crippen molar-refractivity contribution in [1.29, 1.82) is 0 Å². The topological polar surface area (TPSA) is 58.4 Å². The highest BCUT2D eigenvalue weighted by molar-refractivity contribution is 5.62. The Morgan fingerprint density at radius 2 is 2.05 bits per heavy atom. The third kappa shape index (κ3) is 5.71. The number of hydrogen-bond acceptors (Lipinski definition) is 4. The van der Waals surface area contributed by atoms with Crippen molar-refractivity contribution >= 4 is 11.4 Å². The number of nitro groups is 1. The lowest BCUT2D eigenvalue weighted by Crippen LogP contribution is -2.27. The van der Waals surface area contributed by atoms with Gasteiger partial charge in [0.25, 0.3) is 5.69 Å². The molecule has 0 heterocycles. The molecule has 0 saturated heterocycles. The fourth-order valence-corrected chi connectivity index (χ4v) is 2.32. The van der Waals surface area contributed by atoms with Gasteiger partial charge in [-0.25, -0.2) is 0 Å². The maximum Gasteiger partial charge on any atom is 0.292 e. The summed E-state index contributed by atoms with van der Waals surface area (Å²) in [5, 5.41) is 14.2. The van der Waals surface area contributed by atoms with Crippen LogP contribution in [0.25, 0.3) is 0 Å². The van der Waals surface area contributed by atoms with Crippen LogP contribution in [0.15, 0.2) is 18.2 Å². The predicted octanol–water partition coefficient (Wildman–Crippen LogP) is 3.89. The first kappa shape index (κ1) is 17.4. The molecule has 0 bridgehead atoms. The maximum atomic E-state index is 11.1. The molecule has 0 radical (unpaired) electrons. The van der Waals surface area contributed by atoms with Crippen LogP contribution in [-0.2, 0) is 6.54 Å². The van der Waals surface area contributed by atoms with E-state index in [4.69, 9.17) is 0 Å². The second kappa shape index (κ2) is 8.62. The maximum absolute atomic E-state index is 11.1. The van der Waals surface area contributed by atoms with E-state index in [1.807, 2.05) is 19.1 Å². The molecule has 0 aliphatic rings. The van der Waals surface area contributed by atoms with E-state index >= 15 is 0 Å². The van der Waals surface area contributed by atoms with Gasteiger partial charge in [0, 0.05) is 25.7 Å². The van der Waals surface area contributed by atoms with Crippen LogP contribution in [0.5, 0.6) is 0 Å². The van der Waals surface area contributed by atoms with Gasteiger partial charge in [0.2, 0.25) is 0 Å². The van der Waals surface area contributed by atoms with Crippen molar-refractivity contribution < 1.29 is 4.92 Å². The normalized spacial score (nSPS) is 11.1. The summed E-state index contributed by atoms with van der Waals surface area (Å²) >= 11 is 0. The summed E-state index contributed by atoms with van der Waals surface area (Å²) in [5.74, 6) is 0.612. The van der Waals surface area contributed by atoms with Crippen molar-refractivity contribution in [1.82, 2.24) is 4.90 Å². The SMILES string of the molecule is CCCNc1cc(CN(CC)CC(C)C)ccc1[N+](=O)[O-]. The fourth-order valence-electron chi connectivity index (χ4n) is 2.32. The Balaban J connectivity index is 2.90. The third-order valence-electron chi connectivity index (χ3n) is 3.30. The van der Waals surface area contributed by atoms with Crippen LogP contribution in [0.3, 0.4) is 0 Å². The van der Waals surface area contributed by atoms with Crippen molar-refractivity contribution in [2.45, 2.75) is 40.7 Å². The summed E-state index contributed by atoms with van der Waals surface area (Å²) in [5.41, 5.74) is 1.89. The van der Waals surface area contributed by atoms with Crippen LogP contribution in [-0.4, -0.2) is 29.5 Å². The van der Waals surface area contributed by atoms with E-state index in [1.165, 1.54) is 0 Å². The van der Waals surface area contributed by atoms with Gasteiger partial charge in [-0.2, -0.15) is 0 Å². The van der Waals surface area contributed by atoms with Crippen LogP contribution in [0.4, 0.5) is 11.4 Å². The van der Waals surface area contributed by atoms with E-state index in [0.717, 1.165) is 38.2 Å². The number of anilines is 1. The van der Waals surface area contributed by atoms with Crippen molar-refractivity contribution in [3.63, 3.8) is 0 Å². The number of nitrogens with one attached hydrogen (secondary N) is 1. The molecule has 1 aromatic carbocycles. The third-order valence-corrected chi connectivity index (χ3v) is 3.30. The Hall–Kier alpha value is -1.62. The fraction of sp³-hybridized carbons (Fsp3) is 0.625. The largest absolute Gasteiger partial charge is 0.379 e. The van der Waals surface area contributed by atoms with Gasteiger partial charge < -0.3 is 5.32 Å². The average molecular weight is 293 g/mol. The molecule has 0 aromatic heterocycles. The van der Waals surface area contributed by atoms with Crippen molar-refractivity contribution in [2.75, 3.05) is 25.0 Å². The van der Waals surface area contributed by atoms with Crippen molar-refractivity contribution in [3.05, 3.63) is 33.9 Å². The molecule has 5 heteroatoms. The van der Waals surface area contributed by atoms with Gasteiger partial charge in [-0.1, -0.05) is 33.8 Å². The quantitative estimate of drug-likeness (QED) is 0.554. The standard InChI is InChI=1S/C16H27N3O2/c1-5-9-17-15-10-14(7-8-16(15)19(20)21)12-18(6-2)11-13(3)4/h7-8,10,13,17H,5-6,9,11-12H2,1-4H3. The molecule has 1 N–H and O–H groups in total. The Kier molecular flexibility index (Phi) is 7.15. The smallest absolute Gasteiger partial charge is 0.292 e. The van der Waals surface area contributed by atoms with E-state index < -0.39 is 0 Å². The van der Waals surface area contributed by atoms with E-state index in [1.54, 1.807) is 6.07 Å². The minimum Gasteiger partial charge on any atom is -0.379 e. The average Bonchev–Trinajstić information content (AvgIpc) is 2.43. The molecule has 5 nitrogen and oxygen atoms in total. The molecular weight excluding hydrogens is 266 g/mol. The molecule has 0 amide bonds. The first-order valence-electron chi connectivity index (χ1n) is 7.71. The number of nitro benzene ring substituents is 1. The molecule has 118 valence electrons. The lowest BCUT2D eigenvalue weighted by molar-refractivity contribution is -0.384. The summed E-state index contributed by atoms with van der Waals surface area (Å²) in [7, 11) is 0. The molecule has 0 aliphatic heterocycles. The summed E-state index contributed by atoms with van der Waals surface area (Å²) in [6, 6.07) is 5.38. The summed E-state index contributed by atoms with van der Waals surface area (Å²) in [4.78, 5) is 13.1. The Morgan fingerprint density at radius 3 is 2.57 bits per heavy atom. The highest BCUT2D eigenvalue weighted by Gasteiger charge is 2.15. The van der Waals surface area contributed by atoms with Gasteiger partial charge in [0.1, 0.15) is 5.69 Å². The van der Waals surface area contributed by atoms with Crippen molar-refractivity contribution in [2.24, 2.45) is 5.92 Å². The Labute approximate surface area is 127 Å². The van der Waals surface area contributed by atoms with E-state index in [9.17, 15) is 10.1 Å². The highest BCUT2D eigenvalue weighted by Crippen LogP contribution is 2.26. The minimum atomic E-state index is -0.326. The summed E-state index contributed by atoms with van der Waals surface area (Å²) < 4.78 is 0. The first-order valence-corrected chi connectivity index (χ1v) is 7.71. The molecule has 1 rings (SSSR count). The van der Waals surface area contributed by atoms with E-state index in [0.29, 0.717) is 11.6 Å². The summed E-state index contributed by atoms with van der Waals surface area (Å²) in [6.07, 6.45) is 0.940. The zero-order chi connectivity index (χ0) is 15.8. The predicted molar refractivity (Wildman–Crippen MR) is 87.7 cm³/mol. The van der Waals surface area contributed by atoms with Crippen molar-refractivity contribution in [3.8, 4) is 0 Å². The van der Waals surface area contributed by atoms with Gasteiger partial charge in [-0.05, 0) is 30.5 Å². The lowest BCUT2D eigenvalue weighted by atomic mass is 10.1. The molecule has 0 aliphatic carbocycles. The first-order chi connectivity index (χ1) is 9.97. The number of rotatable bonds is 9. The molecular formula is C16H27N3O2. The minimum absolute atomic E-state index is 0.152. The zero-order valence-corrected chi connectivity index (χ0v) is 13.6. The molecule has 0 unspecified atom stereocenters. The molecule has 0 saturated carbocycles. The monoisotopic (exact) mass is 293 g/mol. The van der Waals surface area contributed by atoms with Crippen LogP contribution < -0.4 is 5.32 Å². The lowest BCUT2D eigenvalue weighted by Gasteiger charge is -2.22. The zero-order valence-electron chi connectivity index (χ0n) is 13.6. The molecule has 21 heavy (non-hydrogen) atoms. The van der Waals surface area contributed by atoms with E-state index in [-0.39, 0.29) is 10.6 Å². The molecule has 1 aromatic rings. The molecule has 0 fully saturated rings.